The molecule has 3 aromatic heterocycles. The van der Waals surface area contributed by atoms with E-state index in [0.717, 1.165) is 33.5 Å². The maximum Gasteiger partial charge on any atom is 0.188 e. The van der Waals surface area contributed by atoms with Crippen molar-refractivity contribution < 1.29 is 0 Å². The molecule has 3 rings (SSSR count). The van der Waals surface area contributed by atoms with Crippen LogP contribution >= 0.6 is 11.3 Å². The van der Waals surface area contributed by atoms with Gasteiger partial charge in [-0.25, -0.2) is 15.0 Å². The molecule has 20 heavy (non-hydrogen) atoms. The van der Waals surface area contributed by atoms with Crippen LogP contribution in [0.4, 0.5) is 10.9 Å². The van der Waals surface area contributed by atoms with Gasteiger partial charge < -0.3 is 10.3 Å². The second-order valence-corrected chi connectivity index (χ2v) is 6.63. The highest BCUT2D eigenvalue weighted by Crippen LogP contribution is 2.29. The first-order valence-corrected chi connectivity index (χ1v) is 7.36. The Morgan fingerprint density at radius 3 is 2.70 bits per heavy atom. The number of aryl methyl sites for hydroxylation is 1. The van der Waals surface area contributed by atoms with E-state index in [9.17, 15) is 0 Å². The lowest BCUT2D eigenvalue weighted by Crippen LogP contribution is -2.11. The van der Waals surface area contributed by atoms with Crippen molar-refractivity contribution in [3.8, 4) is 0 Å². The molecule has 0 amide bonds. The van der Waals surface area contributed by atoms with E-state index in [2.05, 4.69) is 51.4 Å². The van der Waals surface area contributed by atoms with Gasteiger partial charge in [0.05, 0.1) is 11.2 Å². The van der Waals surface area contributed by atoms with E-state index in [4.69, 9.17) is 0 Å². The summed E-state index contributed by atoms with van der Waals surface area (Å²) in [5.41, 5.74) is 2.95. The molecule has 0 aliphatic rings. The average Bonchev–Trinajstić information content (AvgIpc) is 2.95. The number of rotatable bonds is 2. The molecule has 0 aliphatic carbocycles. The van der Waals surface area contributed by atoms with Crippen LogP contribution in [0.2, 0.25) is 0 Å². The van der Waals surface area contributed by atoms with Crippen LogP contribution in [-0.2, 0) is 5.41 Å². The van der Waals surface area contributed by atoms with E-state index in [1.165, 1.54) is 0 Å². The van der Waals surface area contributed by atoms with E-state index >= 15 is 0 Å². The molecule has 0 spiro atoms. The molecule has 0 unspecified atom stereocenters. The number of hydrogen-bond donors (Lipinski definition) is 2. The van der Waals surface area contributed by atoms with Gasteiger partial charge in [0.2, 0.25) is 0 Å². The molecule has 6 heteroatoms. The third-order valence-electron chi connectivity index (χ3n) is 3.02. The molecule has 0 bridgehead atoms. The molecule has 0 aliphatic heterocycles. The Bertz CT molecular complexity index is 750. The number of anilines is 2. The molecule has 2 N–H and O–H groups in total. The van der Waals surface area contributed by atoms with Gasteiger partial charge in [-0.3, -0.25) is 0 Å². The summed E-state index contributed by atoms with van der Waals surface area (Å²) in [4.78, 5) is 16.6. The SMILES string of the molecule is Cc1nc(Nc2nc(C(C)(C)C)cs2)c2[nH]ccc2n1. The van der Waals surface area contributed by atoms with Gasteiger partial charge in [-0.15, -0.1) is 11.3 Å². The molecule has 5 nitrogen and oxygen atoms in total. The Balaban J connectivity index is 1.97. The number of aromatic nitrogens is 4. The Morgan fingerprint density at radius 1 is 1.20 bits per heavy atom. The van der Waals surface area contributed by atoms with Gasteiger partial charge in [0, 0.05) is 17.0 Å². The van der Waals surface area contributed by atoms with Crippen LogP contribution in [0, 0.1) is 6.92 Å². The first-order valence-electron chi connectivity index (χ1n) is 6.48. The quantitative estimate of drug-likeness (QED) is 0.753. The minimum Gasteiger partial charge on any atom is -0.357 e. The van der Waals surface area contributed by atoms with Crippen LogP contribution in [0.25, 0.3) is 11.0 Å². The summed E-state index contributed by atoms with van der Waals surface area (Å²) in [7, 11) is 0. The highest BCUT2D eigenvalue weighted by Gasteiger charge is 2.18. The van der Waals surface area contributed by atoms with E-state index < -0.39 is 0 Å². The van der Waals surface area contributed by atoms with Crippen molar-refractivity contribution in [3.05, 3.63) is 29.2 Å². The maximum atomic E-state index is 4.63. The molecule has 0 saturated carbocycles. The normalized spacial score (nSPS) is 12.0. The Kier molecular flexibility index (Phi) is 2.97. The standard InChI is InChI=1S/C14H17N5S/c1-8-16-9-5-6-15-11(9)12(17-8)19-13-18-10(7-20-13)14(2,3)4/h5-7,15H,1-4H3,(H,16,17,18,19). The van der Waals surface area contributed by atoms with Crippen molar-refractivity contribution in [2.24, 2.45) is 0 Å². The second kappa shape index (κ2) is 4.56. The monoisotopic (exact) mass is 287 g/mol. The molecular weight excluding hydrogens is 270 g/mol. The average molecular weight is 287 g/mol. The summed E-state index contributed by atoms with van der Waals surface area (Å²) in [6.07, 6.45) is 1.87. The van der Waals surface area contributed by atoms with Crippen molar-refractivity contribution in [1.82, 2.24) is 19.9 Å². The zero-order valence-electron chi connectivity index (χ0n) is 12.0. The van der Waals surface area contributed by atoms with Gasteiger partial charge in [0.25, 0.3) is 0 Å². The summed E-state index contributed by atoms with van der Waals surface area (Å²) in [5, 5.41) is 6.23. The number of H-pyrrole nitrogens is 1. The second-order valence-electron chi connectivity index (χ2n) is 5.77. The molecule has 3 heterocycles. The lowest BCUT2D eigenvalue weighted by molar-refractivity contribution is 0.573. The Labute approximate surface area is 121 Å². The molecule has 3 aromatic rings. The van der Waals surface area contributed by atoms with E-state index in [0.29, 0.717) is 0 Å². The topological polar surface area (TPSA) is 66.5 Å². The zero-order chi connectivity index (χ0) is 14.3. The number of hydrogen-bond acceptors (Lipinski definition) is 5. The van der Waals surface area contributed by atoms with Crippen LogP contribution in [0.1, 0.15) is 32.3 Å². The Morgan fingerprint density at radius 2 is 2.00 bits per heavy atom. The third-order valence-corrected chi connectivity index (χ3v) is 3.77. The molecular formula is C14H17N5S. The van der Waals surface area contributed by atoms with Crippen LogP contribution in [0.5, 0.6) is 0 Å². The summed E-state index contributed by atoms with van der Waals surface area (Å²) in [6, 6.07) is 1.94. The van der Waals surface area contributed by atoms with Gasteiger partial charge in [0.15, 0.2) is 10.9 Å². The van der Waals surface area contributed by atoms with Crippen LogP contribution in [0.3, 0.4) is 0 Å². The summed E-state index contributed by atoms with van der Waals surface area (Å²) in [6.45, 7) is 8.36. The smallest absolute Gasteiger partial charge is 0.188 e. The number of aromatic amines is 1. The summed E-state index contributed by atoms with van der Waals surface area (Å²) >= 11 is 1.59. The lowest BCUT2D eigenvalue weighted by Gasteiger charge is -2.14. The number of nitrogens with one attached hydrogen (secondary N) is 2. The summed E-state index contributed by atoms with van der Waals surface area (Å²) < 4.78 is 0. The minimum atomic E-state index is 0.0553. The number of fused-ring (bicyclic) bond motifs is 1. The van der Waals surface area contributed by atoms with E-state index in [1.54, 1.807) is 11.3 Å². The highest BCUT2D eigenvalue weighted by molar-refractivity contribution is 7.13. The van der Waals surface area contributed by atoms with Crippen molar-refractivity contribution in [2.45, 2.75) is 33.1 Å². The molecule has 0 aromatic carbocycles. The first kappa shape index (κ1) is 13.1. The molecule has 104 valence electrons. The van der Waals surface area contributed by atoms with Gasteiger partial charge in [-0.1, -0.05) is 20.8 Å². The van der Waals surface area contributed by atoms with Crippen LogP contribution in [0.15, 0.2) is 17.6 Å². The molecule has 0 atom stereocenters. The fourth-order valence-electron chi connectivity index (χ4n) is 1.93. The zero-order valence-corrected chi connectivity index (χ0v) is 12.8. The van der Waals surface area contributed by atoms with Crippen molar-refractivity contribution in [1.29, 1.82) is 0 Å². The van der Waals surface area contributed by atoms with Gasteiger partial charge in [-0.2, -0.15) is 0 Å². The molecule has 0 saturated heterocycles. The maximum absolute atomic E-state index is 4.63. The fraction of sp³-hybridized carbons (Fsp3) is 0.357. The molecule has 0 fully saturated rings. The van der Waals surface area contributed by atoms with E-state index in [-0.39, 0.29) is 5.41 Å². The van der Waals surface area contributed by atoms with E-state index in [1.807, 2.05) is 19.2 Å². The summed E-state index contributed by atoms with van der Waals surface area (Å²) in [5.74, 6) is 1.51. The first-order chi connectivity index (χ1) is 9.43. The largest absolute Gasteiger partial charge is 0.357 e. The lowest BCUT2D eigenvalue weighted by atomic mass is 9.93. The minimum absolute atomic E-state index is 0.0553. The molecule has 0 radical (unpaired) electrons. The number of thiazole rings is 1. The Hall–Kier alpha value is -1.95. The van der Waals surface area contributed by atoms with Crippen molar-refractivity contribution >= 4 is 33.3 Å². The number of nitrogens with zero attached hydrogens (tertiary/aromatic N) is 3. The van der Waals surface area contributed by atoms with Gasteiger partial charge >= 0.3 is 0 Å². The van der Waals surface area contributed by atoms with Crippen molar-refractivity contribution in [2.75, 3.05) is 5.32 Å². The van der Waals surface area contributed by atoms with Crippen LogP contribution in [-0.4, -0.2) is 19.9 Å². The highest BCUT2D eigenvalue weighted by atomic mass is 32.1. The van der Waals surface area contributed by atoms with Gasteiger partial charge in [-0.05, 0) is 13.0 Å². The third kappa shape index (κ3) is 2.38. The van der Waals surface area contributed by atoms with Gasteiger partial charge in [0.1, 0.15) is 11.3 Å². The predicted molar refractivity (Wildman–Crippen MR) is 82.7 cm³/mol. The fourth-order valence-corrected chi connectivity index (χ4v) is 2.86. The van der Waals surface area contributed by atoms with Crippen LogP contribution < -0.4 is 5.32 Å². The van der Waals surface area contributed by atoms with Crippen molar-refractivity contribution in [3.63, 3.8) is 0 Å². The predicted octanol–water partition coefficient (Wildman–Crippen LogP) is 3.76.